The molecule has 0 fully saturated rings. The van der Waals surface area contributed by atoms with Gasteiger partial charge in [0.15, 0.2) is 0 Å². The van der Waals surface area contributed by atoms with Crippen LogP contribution >= 0.6 is 7.60 Å². The van der Waals surface area contributed by atoms with E-state index in [1.54, 1.807) is 6.08 Å². The van der Waals surface area contributed by atoms with E-state index in [4.69, 9.17) is 9.05 Å². The summed E-state index contributed by atoms with van der Waals surface area (Å²) in [6.07, 6.45) is 5.71. The van der Waals surface area contributed by atoms with Crippen LogP contribution in [-0.2, 0) is 13.6 Å². The van der Waals surface area contributed by atoms with Gasteiger partial charge < -0.3 is 9.05 Å². The first-order valence-corrected chi connectivity index (χ1v) is 6.12. The molecular formula is C10H17O3P. The zero-order valence-corrected chi connectivity index (χ0v) is 9.25. The highest BCUT2D eigenvalue weighted by molar-refractivity contribution is 7.53. The van der Waals surface area contributed by atoms with Gasteiger partial charge in [-0.2, -0.15) is 0 Å². The molecule has 3 nitrogen and oxygen atoms in total. The summed E-state index contributed by atoms with van der Waals surface area (Å²) in [6.45, 7) is 11.0. The smallest absolute Gasteiger partial charge is 0.304 e. The van der Waals surface area contributed by atoms with Crippen LogP contribution in [0, 0.1) is 0 Å². The first-order chi connectivity index (χ1) is 6.68. The SMILES string of the molecule is C=CCCP(=O)(OCC=C)OCC=C. The molecule has 0 N–H and O–H groups in total. The van der Waals surface area contributed by atoms with Crippen molar-refractivity contribution in [2.75, 3.05) is 19.4 Å². The van der Waals surface area contributed by atoms with Crippen LogP contribution in [0.1, 0.15) is 6.42 Å². The monoisotopic (exact) mass is 216 g/mol. The first-order valence-electron chi connectivity index (χ1n) is 4.39. The molecule has 0 heterocycles. The lowest BCUT2D eigenvalue weighted by atomic mass is 10.5. The number of allylic oxidation sites excluding steroid dienone is 1. The van der Waals surface area contributed by atoms with Crippen molar-refractivity contribution in [1.29, 1.82) is 0 Å². The van der Waals surface area contributed by atoms with Crippen molar-refractivity contribution >= 4 is 7.60 Å². The third-order valence-electron chi connectivity index (χ3n) is 1.39. The van der Waals surface area contributed by atoms with E-state index in [0.29, 0.717) is 12.6 Å². The van der Waals surface area contributed by atoms with Crippen LogP contribution in [0.5, 0.6) is 0 Å². The second kappa shape index (κ2) is 7.74. The van der Waals surface area contributed by atoms with Crippen LogP contribution in [0.25, 0.3) is 0 Å². The van der Waals surface area contributed by atoms with Gasteiger partial charge in [0.2, 0.25) is 0 Å². The zero-order chi connectivity index (χ0) is 10.9. The second-order valence-electron chi connectivity index (χ2n) is 2.58. The first kappa shape index (κ1) is 13.4. The minimum atomic E-state index is -2.98. The lowest BCUT2D eigenvalue weighted by Gasteiger charge is -2.15. The molecule has 0 unspecified atom stereocenters. The lowest BCUT2D eigenvalue weighted by molar-refractivity contribution is 0.237. The van der Waals surface area contributed by atoms with Crippen LogP contribution in [0.2, 0.25) is 0 Å². The quantitative estimate of drug-likeness (QED) is 0.438. The van der Waals surface area contributed by atoms with Crippen LogP contribution in [0.4, 0.5) is 0 Å². The van der Waals surface area contributed by atoms with E-state index >= 15 is 0 Å². The van der Waals surface area contributed by atoms with Crippen LogP contribution in [0.3, 0.4) is 0 Å². The second-order valence-corrected chi connectivity index (χ2v) is 4.77. The molecule has 0 aliphatic rings. The summed E-state index contributed by atoms with van der Waals surface area (Å²) in [5, 5.41) is 0. The van der Waals surface area contributed by atoms with Crippen molar-refractivity contribution < 1.29 is 13.6 Å². The summed E-state index contributed by atoms with van der Waals surface area (Å²) >= 11 is 0. The maximum Gasteiger partial charge on any atom is 0.331 e. The van der Waals surface area contributed by atoms with E-state index in [1.807, 2.05) is 0 Å². The van der Waals surface area contributed by atoms with E-state index < -0.39 is 7.60 Å². The molecule has 0 spiro atoms. The molecular weight excluding hydrogens is 199 g/mol. The standard InChI is InChI=1S/C10H17O3P/c1-4-7-10-14(11,12-8-5-2)13-9-6-3/h4-6H,1-3,7-10H2. The molecule has 0 rings (SSSR count). The van der Waals surface area contributed by atoms with Crippen LogP contribution < -0.4 is 0 Å². The molecule has 0 aromatic carbocycles. The number of hydrogen-bond acceptors (Lipinski definition) is 3. The number of rotatable bonds is 9. The Balaban J connectivity index is 4.15. The normalized spacial score (nSPS) is 10.9. The van der Waals surface area contributed by atoms with Gasteiger partial charge in [0.1, 0.15) is 0 Å². The molecule has 0 amide bonds. The zero-order valence-electron chi connectivity index (χ0n) is 8.35. The Hall–Kier alpha value is -0.630. The summed E-state index contributed by atoms with van der Waals surface area (Å²) in [6, 6.07) is 0. The molecule has 0 aliphatic heterocycles. The largest absolute Gasteiger partial charge is 0.331 e. The fourth-order valence-corrected chi connectivity index (χ4v) is 2.24. The minimum Gasteiger partial charge on any atom is -0.304 e. The Kier molecular flexibility index (Phi) is 7.40. The van der Waals surface area contributed by atoms with E-state index in [0.717, 1.165) is 0 Å². The third-order valence-corrected chi connectivity index (χ3v) is 3.28. The average molecular weight is 216 g/mol. The van der Waals surface area contributed by atoms with Gasteiger partial charge in [-0.25, -0.2) is 0 Å². The Morgan fingerprint density at radius 3 is 1.86 bits per heavy atom. The maximum atomic E-state index is 11.9. The highest BCUT2D eigenvalue weighted by atomic mass is 31.2. The van der Waals surface area contributed by atoms with Gasteiger partial charge in [-0.15, -0.1) is 19.7 Å². The van der Waals surface area contributed by atoms with E-state index in [2.05, 4.69) is 19.7 Å². The van der Waals surface area contributed by atoms with Gasteiger partial charge >= 0.3 is 7.60 Å². The van der Waals surface area contributed by atoms with Crippen molar-refractivity contribution in [2.24, 2.45) is 0 Å². The molecule has 0 aromatic rings. The Labute approximate surface area is 85.6 Å². The Bertz CT molecular complexity index is 197. The summed E-state index contributed by atoms with van der Waals surface area (Å²) in [5.74, 6) is 0. The van der Waals surface area contributed by atoms with Crippen LogP contribution in [0.15, 0.2) is 38.0 Å². The lowest BCUT2D eigenvalue weighted by Crippen LogP contribution is -2.00. The Morgan fingerprint density at radius 1 is 1.00 bits per heavy atom. The molecule has 0 saturated carbocycles. The van der Waals surface area contributed by atoms with E-state index in [-0.39, 0.29) is 13.2 Å². The van der Waals surface area contributed by atoms with E-state index in [1.165, 1.54) is 12.2 Å². The summed E-state index contributed by atoms with van der Waals surface area (Å²) in [5.41, 5.74) is 0. The van der Waals surface area contributed by atoms with Crippen molar-refractivity contribution in [3.63, 3.8) is 0 Å². The van der Waals surface area contributed by atoms with Crippen molar-refractivity contribution in [2.45, 2.75) is 6.42 Å². The van der Waals surface area contributed by atoms with Gasteiger partial charge in [0.05, 0.1) is 19.4 Å². The van der Waals surface area contributed by atoms with Crippen LogP contribution in [-0.4, -0.2) is 19.4 Å². The van der Waals surface area contributed by atoms with Gasteiger partial charge in [0, 0.05) is 0 Å². The van der Waals surface area contributed by atoms with Crippen molar-refractivity contribution in [3.8, 4) is 0 Å². The maximum absolute atomic E-state index is 11.9. The Morgan fingerprint density at radius 2 is 1.50 bits per heavy atom. The van der Waals surface area contributed by atoms with Crippen molar-refractivity contribution in [3.05, 3.63) is 38.0 Å². The summed E-state index contributed by atoms with van der Waals surface area (Å²) < 4.78 is 22.1. The predicted molar refractivity (Wildman–Crippen MR) is 59.6 cm³/mol. The van der Waals surface area contributed by atoms with Gasteiger partial charge in [0.25, 0.3) is 0 Å². The molecule has 0 aliphatic carbocycles. The molecule has 0 aromatic heterocycles. The fourth-order valence-electron chi connectivity index (χ4n) is 0.748. The molecule has 14 heavy (non-hydrogen) atoms. The highest BCUT2D eigenvalue weighted by Crippen LogP contribution is 2.48. The number of hydrogen-bond donors (Lipinski definition) is 0. The van der Waals surface area contributed by atoms with E-state index in [9.17, 15) is 4.57 Å². The van der Waals surface area contributed by atoms with Crippen molar-refractivity contribution in [1.82, 2.24) is 0 Å². The molecule has 0 bridgehead atoms. The molecule has 0 saturated heterocycles. The average Bonchev–Trinajstić information content (AvgIpc) is 2.21. The topological polar surface area (TPSA) is 35.5 Å². The minimum absolute atomic E-state index is 0.228. The summed E-state index contributed by atoms with van der Waals surface area (Å²) in [7, 11) is -2.98. The van der Waals surface area contributed by atoms with Gasteiger partial charge in [-0.1, -0.05) is 18.2 Å². The molecule has 4 heteroatoms. The van der Waals surface area contributed by atoms with Gasteiger partial charge in [-0.3, -0.25) is 4.57 Å². The molecule has 80 valence electrons. The summed E-state index contributed by atoms with van der Waals surface area (Å²) in [4.78, 5) is 0. The fraction of sp³-hybridized carbons (Fsp3) is 0.400. The third kappa shape index (κ3) is 5.92. The predicted octanol–water partition coefficient (Wildman–Crippen LogP) is 3.16. The molecule has 0 radical (unpaired) electrons. The molecule has 0 atom stereocenters. The van der Waals surface area contributed by atoms with Gasteiger partial charge in [-0.05, 0) is 6.42 Å². The highest BCUT2D eigenvalue weighted by Gasteiger charge is 2.22.